The minimum atomic E-state index is -0.796. The van der Waals surface area contributed by atoms with Crippen LogP contribution in [0.25, 0.3) is 89.4 Å². The smallest absolute Gasteiger partial charge is 0.407 e. The molecule has 0 spiro atoms. The molecule has 0 radical (unpaired) electrons. The van der Waals surface area contributed by atoms with E-state index >= 15 is 8.78 Å². The fourth-order valence-corrected chi connectivity index (χ4v) is 22.9. The molecule has 29 nitrogen and oxygen atoms in total. The maximum atomic E-state index is 17.1. The Kier molecular flexibility index (Phi) is 23.3. The van der Waals surface area contributed by atoms with Crippen molar-refractivity contribution in [2.45, 2.75) is 210 Å². The number of benzene rings is 4. The molecule has 678 valence electrons. The van der Waals surface area contributed by atoms with Gasteiger partial charge in [-0.1, -0.05) is 39.8 Å². The van der Waals surface area contributed by atoms with Crippen LogP contribution < -0.4 is 30.7 Å². The van der Waals surface area contributed by atoms with Crippen LogP contribution in [0, 0.1) is 29.4 Å². The minimum absolute atomic E-state index is 0.0647. The molecule has 5 saturated heterocycles. The number of carbonyl (C=O) groups excluding carboxylic acids is 6. The van der Waals surface area contributed by atoms with Gasteiger partial charge in [-0.25, -0.2) is 43.1 Å². The molecule has 12 aromatic rings. The van der Waals surface area contributed by atoms with Crippen LogP contribution in [0.15, 0.2) is 122 Å². The Hall–Kier alpha value is -12.2. The molecular weight excluding hydrogens is 1700 g/mol. The third kappa shape index (κ3) is 16.4. The standard InChI is InChI=1S/C54H62FN9O8S.C43H45FN8O4S/c1-27(2)46(60-53(67)69-5)50(65)62-17-7-9-39(62)48-56-25-36(58-48)31-13-14-38-33(21-31)23-41-45-35(55)22-32(24-42(45)72-52(64(38)41)44-16-15-43(73-44)30-11-12-30)37-26-57-49(59-37)40-10-8-18-63(40)51(66)47(61-54(68)70-6)34-19-28(3)71-29(4)20-34;1-22(2)38(50-43(54)55-3)41(53)51-15-5-7-32(51)40-47-20-29(49-40)24-10-11-31-26(16-24)18-33-37-27(44)17-25(30-21-46-39(48-30)28-6-4-14-45-28)19-34(37)56-42(52(31)33)36-13-12-35(57-36)23-8-9-23/h13-16,21-30,34,39-40,46-47,52H,7-12,17-20H2,1-6H3,(H,56,58)(H,57,59)(H,60,67)(H,61,68);10-13,16-23,28,32,38,42,45H,4-9,14-15H2,1-3H3,(H,46,48)(H,47,49)(H,50,54)/t28-,29+,34?,39-,40-,46-,47?,52?;28-,32-,38-,42?/m00/s1. The van der Waals surface area contributed by atoms with Crippen LogP contribution in [0.4, 0.5) is 23.2 Å². The highest BCUT2D eigenvalue weighted by Gasteiger charge is 2.46. The molecule has 6 amide bonds. The lowest BCUT2D eigenvalue weighted by atomic mass is 9.85. The lowest BCUT2D eigenvalue weighted by molar-refractivity contribution is -0.139. The van der Waals surface area contributed by atoms with E-state index < -0.39 is 54.7 Å². The SMILES string of the molecule is COC(=O)NC(C(=O)N1CCC[C@H]1c1ncc(-c2cc(F)c3c(c2)OC(c2ccc(C4CC4)s2)n2c-3cc3cc(-c4cnc([C@@H]5CCCN5C(=O)[C@@H](NC(=O)OC)C(C)C)[nH]4)ccc32)[nH]1)C1C[C@@H](C)O[C@@H](C)C1.COC(=O)N[C@H](C(=O)N1CCC[C@H]1c1ncc(-c2ccc3c(c2)cc2n3C(c3ccc(C4CC4)s3)Oc3cc(-c4cnc([C@@H]5CCCN5)[nH]4)cc(F)c3-2)[nH]1)C(C)C. The van der Waals surface area contributed by atoms with Crippen LogP contribution in [0.5, 0.6) is 11.5 Å². The zero-order chi connectivity index (χ0) is 89.8. The van der Waals surface area contributed by atoms with Gasteiger partial charge < -0.3 is 84.3 Å². The van der Waals surface area contributed by atoms with Gasteiger partial charge in [-0.15, -0.1) is 22.7 Å². The highest BCUT2D eigenvalue weighted by atomic mass is 32.1. The van der Waals surface area contributed by atoms with Crippen molar-refractivity contribution in [1.82, 2.24) is 85.0 Å². The number of hydrogen-bond donors (Lipinski definition) is 8. The zero-order valence-electron chi connectivity index (χ0n) is 74.0. The molecule has 7 fully saturated rings. The van der Waals surface area contributed by atoms with E-state index in [0.717, 1.165) is 136 Å². The number of fused-ring (bicyclic) bond motifs is 10. The van der Waals surface area contributed by atoms with E-state index in [1.807, 2.05) is 82.8 Å². The van der Waals surface area contributed by atoms with Crippen molar-refractivity contribution in [1.29, 1.82) is 0 Å². The number of aromatic nitrogens is 10. The largest absolute Gasteiger partial charge is 0.464 e. The number of imidazole rings is 4. The van der Waals surface area contributed by atoms with Gasteiger partial charge in [0, 0.05) is 62.4 Å². The van der Waals surface area contributed by atoms with Gasteiger partial charge in [0.25, 0.3) is 0 Å². The van der Waals surface area contributed by atoms with Gasteiger partial charge in [-0.05, 0) is 225 Å². The zero-order valence-corrected chi connectivity index (χ0v) is 75.6. The minimum Gasteiger partial charge on any atom is -0.464 e. The molecule has 12 atom stereocenters. The van der Waals surface area contributed by atoms with E-state index in [-0.39, 0.29) is 77.7 Å². The first-order valence-electron chi connectivity index (χ1n) is 45.6. The van der Waals surface area contributed by atoms with E-state index in [2.05, 4.69) is 104 Å². The van der Waals surface area contributed by atoms with E-state index in [1.54, 1.807) is 63.3 Å². The first-order chi connectivity index (χ1) is 63.0. The maximum Gasteiger partial charge on any atom is 0.407 e. The second kappa shape index (κ2) is 35.2. The summed E-state index contributed by atoms with van der Waals surface area (Å²) in [5.74, 6) is 3.11. The first-order valence-corrected chi connectivity index (χ1v) is 47.2. The van der Waals surface area contributed by atoms with Crippen molar-refractivity contribution in [3.05, 3.63) is 176 Å². The van der Waals surface area contributed by atoms with Crippen LogP contribution in [-0.2, 0) is 33.3 Å². The van der Waals surface area contributed by atoms with E-state index in [9.17, 15) is 28.8 Å². The predicted molar refractivity (Wildman–Crippen MR) is 487 cm³/mol. The third-order valence-electron chi connectivity index (χ3n) is 27.3. The van der Waals surface area contributed by atoms with Crippen molar-refractivity contribution in [2.24, 2.45) is 17.8 Å². The molecule has 0 bridgehead atoms. The van der Waals surface area contributed by atoms with Gasteiger partial charge in [-0.2, -0.15) is 0 Å². The Morgan fingerprint density at radius 3 is 1.27 bits per heavy atom. The van der Waals surface area contributed by atoms with Crippen molar-refractivity contribution in [3.8, 4) is 79.0 Å². The van der Waals surface area contributed by atoms with Gasteiger partial charge in [0.2, 0.25) is 30.2 Å². The van der Waals surface area contributed by atoms with Crippen LogP contribution in [0.2, 0.25) is 0 Å². The van der Waals surface area contributed by atoms with Crippen molar-refractivity contribution in [2.75, 3.05) is 47.5 Å². The molecule has 4 aromatic carbocycles. The summed E-state index contributed by atoms with van der Waals surface area (Å²) in [6.45, 7) is 14.1. The summed E-state index contributed by atoms with van der Waals surface area (Å²) in [6, 6.07) is 29.0. The summed E-state index contributed by atoms with van der Waals surface area (Å²) in [6.07, 6.45) is 16.6. The Morgan fingerprint density at radius 2 is 0.862 bits per heavy atom. The lowest BCUT2D eigenvalue weighted by Crippen LogP contribution is -2.54. The van der Waals surface area contributed by atoms with Gasteiger partial charge in [-0.3, -0.25) is 23.5 Å². The number of ether oxygens (including phenoxy) is 6. The molecule has 4 unspecified atom stereocenters. The molecular formula is C97H107F2N17O12S2. The molecule has 15 heterocycles. The monoisotopic (exact) mass is 1800 g/mol. The fourth-order valence-electron chi connectivity index (χ4n) is 20.5. The molecule has 21 rings (SSSR count). The Labute approximate surface area is 757 Å². The second-order valence-corrected chi connectivity index (χ2v) is 39.0. The molecule has 7 aliphatic heterocycles. The maximum absolute atomic E-state index is 17.1. The average Bonchev–Trinajstić information content (AvgIpc) is 1.55. The van der Waals surface area contributed by atoms with Crippen LogP contribution in [0.1, 0.15) is 223 Å². The van der Waals surface area contributed by atoms with Crippen LogP contribution >= 0.6 is 22.7 Å². The van der Waals surface area contributed by atoms with Crippen molar-refractivity contribution >= 4 is 80.5 Å². The fraction of sp³-hybridized carbons (Fsp3) is 0.443. The Morgan fingerprint density at radius 1 is 0.462 bits per heavy atom. The summed E-state index contributed by atoms with van der Waals surface area (Å²) in [5, 5.41) is 13.6. The van der Waals surface area contributed by atoms with E-state index in [4.69, 9.17) is 43.4 Å². The van der Waals surface area contributed by atoms with Gasteiger partial charge >= 0.3 is 18.3 Å². The number of likely N-dealkylation sites (tertiary alicyclic amines) is 3. The molecule has 8 aromatic heterocycles. The number of methoxy groups -OCH3 is 3. The average molecular weight is 1810 g/mol. The number of aromatic amines is 4. The molecule has 2 saturated carbocycles. The van der Waals surface area contributed by atoms with Crippen LogP contribution in [-0.4, -0.2) is 178 Å². The Bertz CT molecular complexity index is 6330. The summed E-state index contributed by atoms with van der Waals surface area (Å²) in [4.78, 5) is 122. The Balaban J connectivity index is 0.000000167. The van der Waals surface area contributed by atoms with Gasteiger partial charge in [0.1, 0.15) is 64.6 Å². The molecule has 9 aliphatic rings. The highest BCUT2D eigenvalue weighted by Crippen LogP contribution is 2.54. The quantitative estimate of drug-likeness (QED) is 0.0310. The number of thiophene rings is 2. The number of amides is 6. The normalized spacial score (nSPS) is 22.3. The number of alkyl carbamates (subject to hydrolysis) is 3. The summed E-state index contributed by atoms with van der Waals surface area (Å²) in [7, 11) is 3.87. The molecule has 33 heteroatoms. The summed E-state index contributed by atoms with van der Waals surface area (Å²) in [5.41, 5.74) is 9.98. The summed E-state index contributed by atoms with van der Waals surface area (Å²) >= 11 is 3.51. The predicted octanol–water partition coefficient (Wildman–Crippen LogP) is 18.3. The molecule has 130 heavy (non-hydrogen) atoms. The number of carbonyl (C=O) groups is 6. The van der Waals surface area contributed by atoms with Gasteiger partial charge in [0.15, 0.2) is 0 Å². The second-order valence-electron chi connectivity index (χ2n) is 36.7. The first kappa shape index (κ1) is 85.9. The number of rotatable bonds is 21. The molecule has 2 aliphatic carbocycles. The third-order valence-corrected chi connectivity index (χ3v) is 29.8. The topological polar surface area (TPSA) is 340 Å². The van der Waals surface area contributed by atoms with Gasteiger partial charge in [0.05, 0.1) is 149 Å². The lowest BCUT2D eigenvalue weighted by Gasteiger charge is -2.38. The summed E-state index contributed by atoms with van der Waals surface area (Å²) < 4.78 is 72.1. The van der Waals surface area contributed by atoms with Crippen molar-refractivity contribution in [3.63, 3.8) is 0 Å². The number of hydrogen-bond acceptors (Lipinski definition) is 19. The number of nitrogens with zero attached hydrogens (tertiary/aromatic N) is 9. The van der Waals surface area contributed by atoms with Crippen molar-refractivity contribution < 1.29 is 66.0 Å². The number of halogens is 2. The van der Waals surface area contributed by atoms with Crippen LogP contribution in [0.3, 0.4) is 0 Å². The number of nitrogens with one attached hydrogen (secondary N) is 8. The highest BCUT2D eigenvalue weighted by molar-refractivity contribution is 7.12. The van der Waals surface area contributed by atoms with E-state index in [0.29, 0.717) is 113 Å². The molecule has 8 N–H and O–H groups in total. The number of H-pyrrole nitrogens is 4. The van der Waals surface area contributed by atoms with E-state index in [1.165, 1.54) is 50.0 Å².